The summed E-state index contributed by atoms with van der Waals surface area (Å²) in [6.45, 7) is 1.42. The van der Waals surface area contributed by atoms with Crippen molar-refractivity contribution in [2.45, 2.75) is 31.0 Å². The Morgan fingerprint density at radius 3 is 1.45 bits per heavy atom. The van der Waals surface area contributed by atoms with Gasteiger partial charge in [0.15, 0.2) is 0 Å². The molecular weight excluding hydrogens is 494 g/mol. The third-order valence-electron chi connectivity index (χ3n) is 5.30. The smallest absolute Gasteiger partial charge is 1.00 e. The maximum atomic E-state index is 6.80. The molecule has 1 atom stereocenters. The quantitative estimate of drug-likeness (QED) is 0.250. The largest absolute Gasteiger partial charge is 3.00 e. The van der Waals surface area contributed by atoms with Crippen LogP contribution in [0.25, 0.3) is 0 Å². The Hall–Kier alpha value is -1.03. The van der Waals surface area contributed by atoms with Crippen molar-refractivity contribution in [1.82, 2.24) is 0 Å². The van der Waals surface area contributed by atoms with Gasteiger partial charge in [-0.25, -0.2) is 0 Å². The fourth-order valence-electron chi connectivity index (χ4n) is 3.93. The van der Waals surface area contributed by atoms with Crippen LogP contribution in [0.5, 0.6) is 0 Å². The Labute approximate surface area is 214 Å². The summed E-state index contributed by atoms with van der Waals surface area (Å²) in [4.78, 5) is 0. The van der Waals surface area contributed by atoms with Gasteiger partial charge >= 0.3 is 17.1 Å². The third kappa shape index (κ3) is 6.97. The van der Waals surface area contributed by atoms with Gasteiger partial charge in [0.2, 0.25) is 0 Å². The number of benzene rings is 3. The van der Waals surface area contributed by atoms with Crippen LogP contribution in [-0.4, -0.2) is 19.3 Å². The summed E-state index contributed by atoms with van der Waals surface area (Å²) in [5.41, 5.74) is 2.76. The average Bonchev–Trinajstić information content (AvgIpc) is 2.77. The molecular formula is C25H26Cl3MnO2. The fraction of sp³-hybridized carbons (Fsp3) is 0.280. The van der Waals surface area contributed by atoms with Crippen LogP contribution in [0.1, 0.15) is 36.0 Å². The predicted octanol–water partition coefficient (Wildman–Crippen LogP) is -3.43. The van der Waals surface area contributed by atoms with Gasteiger partial charge in [0.1, 0.15) is 5.60 Å². The first-order chi connectivity index (χ1) is 13.4. The Kier molecular flexibility index (Phi) is 14.4. The first kappa shape index (κ1) is 30.0. The SMILES string of the molecule is [Cl-].[Cl-].[Cl-].[Mn+3].c1ccc(C(OCC2CCCCO2)(c2ccccc2)c2ccccc2)cc1. The second-order valence-corrected chi connectivity index (χ2v) is 7.08. The number of hydrogen-bond acceptors (Lipinski definition) is 2. The van der Waals surface area contributed by atoms with E-state index in [4.69, 9.17) is 9.47 Å². The van der Waals surface area contributed by atoms with Crippen LogP contribution < -0.4 is 37.2 Å². The fourth-order valence-corrected chi connectivity index (χ4v) is 3.93. The Balaban J connectivity index is 0.00000225. The number of hydrogen-bond donors (Lipinski definition) is 0. The molecule has 0 saturated carbocycles. The summed E-state index contributed by atoms with van der Waals surface area (Å²) in [7, 11) is 0. The molecule has 0 aliphatic carbocycles. The van der Waals surface area contributed by atoms with E-state index < -0.39 is 5.60 Å². The molecule has 0 N–H and O–H groups in total. The summed E-state index contributed by atoms with van der Waals surface area (Å²) in [5, 5.41) is 0. The standard InChI is InChI=1S/C25H26O2.3ClH.Mn/c1-4-12-21(13-5-1)25(22-14-6-2-7-15-22,23-16-8-3-9-17-23)27-20-24-18-10-11-19-26-24;;;;/h1-9,12-17,24H,10-11,18-20H2;3*1H;/q;;;;+3/p-3. The Bertz CT molecular complexity index is 732. The van der Waals surface area contributed by atoms with Crippen LogP contribution in [0.3, 0.4) is 0 Å². The minimum atomic E-state index is -0.648. The first-order valence-corrected chi connectivity index (χ1v) is 9.82. The van der Waals surface area contributed by atoms with Crippen molar-refractivity contribution >= 4 is 0 Å². The van der Waals surface area contributed by atoms with E-state index in [1.165, 1.54) is 6.42 Å². The molecule has 166 valence electrons. The van der Waals surface area contributed by atoms with Crippen LogP contribution in [0.4, 0.5) is 0 Å². The molecule has 1 aliphatic heterocycles. The van der Waals surface area contributed by atoms with Crippen molar-refractivity contribution in [3.63, 3.8) is 0 Å². The molecule has 3 aromatic carbocycles. The van der Waals surface area contributed by atoms with E-state index in [9.17, 15) is 0 Å². The molecule has 1 aliphatic rings. The predicted molar refractivity (Wildman–Crippen MR) is 109 cm³/mol. The maximum absolute atomic E-state index is 6.80. The van der Waals surface area contributed by atoms with Crippen molar-refractivity contribution < 1.29 is 63.8 Å². The molecule has 6 heteroatoms. The van der Waals surface area contributed by atoms with Gasteiger partial charge in [0, 0.05) is 6.61 Å². The van der Waals surface area contributed by atoms with E-state index in [-0.39, 0.29) is 60.4 Å². The zero-order valence-electron chi connectivity index (χ0n) is 17.1. The van der Waals surface area contributed by atoms with Gasteiger partial charge in [-0.05, 0) is 36.0 Å². The van der Waals surface area contributed by atoms with E-state index in [2.05, 4.69) is 91.0 Å². The van der Waals surface area contributed by atoms with E-state index in [0.29, 0.717) is 6.61 Å². The van der Waals surface area contributed by atoms with Gasteiger partial charge in [-0.2, -0.15) is 0 Å². The van der Waals surface area contributed by atoms with Crippen molar-refractivity contribution in [2.24, 2.45) is 0 Å². The molecule has 0 spiro atoms. The van der Waals surface area contributed by atoms with Crippen molar-refractivity contribution in [2.75, 3.05) is 13.2 Å². The molecule has 31 heavy (non-hydrogen) atoms. The molecule has 2 nitrogen and oxygen atoms in total. The minimum absolute atomic E-state index is 0. The molecule has 1 unspecified atom stereocenters. The van der Waals surface area contributed by atoms with Crippen molar-refractivity contribution in [3.8, 4) is 0 Å². The van der Waals surface area contributed by atoms with Gasteiger partial charge in [-0.1, -0.05) is 91.0 Å². The second kappa shape index (κ2) is 14.9. The number of rotatable bonds is 6. The van der Waals surface area contributed by atoms with Crippen LogP contribution >= 0.6 is 0 Å². The summed E-state index contributed by atoms with van der Waals surface area (Å²) in [5.74, 6) is 0. The van der Waals surface area contributed by atoms with Crippen LogP contribution in [-0.2, 0) is 32.1 Å². The summed E-state index contributed by atoms with van der Waals surface area (Å²) < 4.78 is 12.8. The molecule has 1 heterocycles. The summed E-state index contributed by atoms with van der Waals surface area (Å²) in [6, 6.07) is 31.6. The zero-order valence-corrected chi connectivity index (χ0v) is 20.5. The third-order valence-corrected chi connectivity index (χ3v) is 5.30. The average molecular weight is 520 g/mol. The van der Waals surface area contributed by atoms with Gasteiger partial charge in [-0.3, -0.25) is 0 Å². The molecule has 3 aromatic rings. The summed E-state index contributed by atoms with van der Waals surface area (Å²) in [6.07, 6.45) is 3.59. The van der Waals surface area contributed by atoms with Crippen LogP contribution in [0.2, 0.25) is 0 Å². The molecule has 1 fully saturated rings. The molecule has 0 radical (unpaired) electrons. The van der Waals surface area contributed by atoms with E-state index in [1.54, 1.807) is 0 Å². The van der Waals surface area contributed by atoms with Crippen molar-refractivity contribution in [3.05, 3.63) is 108 Å². The molecule has 4 rings (SSSR count). The molecule has 1 saturated heterocycles. The monoisotopic (exact) mass is 518 g/mol. The molecule has 0 bridgehead atoms. The van der Waals surface area contributed by atoms with Gasteiger partial charge in [0.05, 0.1) is 12.7 Å². The van der Waals surface area contributed by atoms with E-state index in [1.807, 2.05) is 0 Å². The van der Waals surface area contributed by atoms with E-state index in [0.717, 1.165) is 36.1 Å². The zero-order chi connectivity index (χ0) is 18.4. The molecule has 0 amide bonds. The topological polar surface area (TPSA) is 18.5 Å². The van der Waals surface area contributed by atoms with Gasteiger partial charge in [0.25, 0.3) is 0 Å². The minimum Gasteiger partial charge on any atom is -1.00 e. The van der Waals surface area contributed by atoms with Crippen molar-refractivity contribution in [1.29, 1.82) is 0 Å². The Morgan fingerprint density at radius 1 is 0.677 bits per heavy atom. The van der Waals surface area contributed by atoms with Gasteiger partial charge < -0.3 is 46.7 Å². The van der Waals surface area contributed by atoms with Crippen LogP contribution in [0.15, 0.2) is 91.0 Å². The maximum Gasteiger partial charge on any atom is 3.00 e. The Morgan fingerprint density at radius 2 is 1.10 bits per heavy atom. The summed E-state index contributed by atoms with van der Waals surface area (Å²) >= 11 is 0. The van der Waals surface area contributed by atoms with Crippen LogP contribution in [0, 0.1) is 0 Å². The van der Waals surface area contributed by atoms with Gasteiger partial charge in [-0.15, -0.1) is 0 Å². The molecule has 0 aromatic heterocycles. The second-order valence-electron chi connectivity index (χ2n) is 7.08. The van der Waals surface area contributed by atoms with E-state index >= 15 is 0 Å². The first-order valence-electron chi connectivity index (χ1n) is 9.82. The number of ether oxygens (including phenoxy) is 2. The number of halogens is 3. The normalized spacial score (nSPS) is 15.3.